The Morgan fingerprint density at radius 1 is 1.11 bits per heavy atom. The van der Waals surface area contributed by atoms with E-state index in [2.05, 4.69) is 10.3 Å². The van der Waals surface area contributed by atoms with Crippen LogP contribution in [0.3, 0.4) is 0 Å². The Labute approximate surface area is 159 Å². The summed E-state index contributed by atoms with van der Waals surface area (Å²) in [6.45, 7) is 7.44. The third-order valence-corrected chi connectivity index (χ3v) is 4.23. The van der Waals surface area contributed by atoms with Crippen LogP contribution in [0.2, 0.25) is 0 Å². The number of amides is 1. The van der Waals surface area contributed by atoms with E-state index in [-0.39, 0.29) is 5.91 Å². The van der Waals surface area contributed by atoms with Gasteiger partial charge in [-0.05, 0) is 57.0 Å². The monoisotopic (exact) mass is 367 g/mol. The number of hydrogen-bond donors (Lipinski definition) is 1. The molecule has 0 unspecified atom stereocenters. The van der Waals surface area contributed by atoms with E-state index in [1.165, 1.54) is 0 Å². The number of aromatic nitrogens is 2. The Balaban J connectivity index is 1.66. The van der Waals surface area contributed by atoms with Gasteiger partial charge in [-0.25, -0.2) is 4.98 Å². The van der Waals surface area contributed by atoms with Crippen LogP contribution in [0.1, 0.15) is 35.6 Å². The maximum Gasteiger partial charge on any atom is 0.270 e. The summed E-state index contributed by atoms with van der Waals surface area (Å²) in [6, 6.07) is 11.6. The molecule has 6 heteroatoms. The first-order valence-electron chi connectivity index (χ1n) is 9.24. The zero-order valence-corrected chi connectivity index (χ0v) is 16.0. The minimum Gasteiger partial charge on any atom is -0.490 e. The van der Waals surface area contributed by atoms with Crippen LogP contribution in [-0.4, -0.2) is 35.1 Å². The molecule has 0 atom stereocenters. The van der Waals surface area contributed by atoms with Crippen molar-refractivity contribution >= 4 is 11.6 Å². The number of carbonyl (C=O) groups excluding carboxylic acids is 1. The Kier molecular flexibility index (Phi) is 5.96. The van der Waals surface area contributed by atoms with Crippen LogP contribution < -0.4 is 14.8 Å². The molecule has 0 aliphatic heterocycles. The van der Waals surface area contributed by atoms with Crippen LogP contribution in [0.15, 0.2) is 42.6 Å². The molecule has 2 heterocycles. The van der Waals surface area contributed by atoms with Crippen molar-refractivity contribution in [1.29, 1.82) is 0 Å². The summed E-state index contributed by atoms with van der Waals surface area (Å²) in [6.07, 6.45) is 2.55. The fourth-order valence-corrected chi connectivity index (χ4v) is 3.04. The number of fused-ring (bicyclic) bond motifs is 1. The third kappa shape index (κ3) is 4.22. The average Bonchev–Trinajstić information content (AvgIpc) is 3.00. The van der Waals surface area contributed by atoms with E-state index in [0.717, 1.165) is 28.4 Å². The average molecular weight is 367 g/mol. The lowest BCUT2D eigenvalue weighted by atomic mass is 10.1. The summed E-state index contributed by atoms with van der Waals surface area (Å²) < 4.78 is 13.1. The summed E-state index contributed by atoms with van der Waals surface area (Å²) in [5.41, 5.74) is 3.15. The zero-order valence-electron chi connectivity index (χ0n) is 16.0. The van der Waals surface area contributed by atoms with E-state index in [4.69, 9.17) is 9.47 Å². The first-order valence-corrected chi connectivity index (χ1v) is 9.24. The van der Waals surface area contributed by atoms with Crippen LogP contribution >= 0.6 is 0 Å². The topological polar surface area (TPSA) is 64.9 Å². The quantitative estimate of drug-likeness (QED) is 0.663. The van der Waals surface area contributed by atoms with Crippen molar-refractivity contribution in [3.8, 4) is 11.5 Å². The molecule has 1 N–H and O–H groups in total. The molecule has 0 aliphatic carbocycles. The maximum absolute atomic E-state index is 12.6. The number of hydrogen-bond acceptors (Lipinski definition) is 4. The number of pyridine rings is 1. The van der Waals surface area contributed by atoms with Crippen LogP contribution in [0, 0.1) is 6.92 Å². The molecular formula is C21H25N3O3. The predicted molar refractivity (Wildman–Crippen MR) is 105 cm³/mol. The number of aryl methyl sites for hydroxylation is 1. The van der Waals surface area contributed by atoms with Gasteiger partial charge in [-0.1, -0.05) is 12.1 Å². The second-order valence-corrected chi connectivity index (χ2v) is 6.13. The highest BCUT2D eigenvalue weighted by molar-refractivity contribution is 5.94. The molecular weight excluding hydrogens is 342 g/mol. The van der Waals surface area contributed by atoms with E-state index in [0.29, 0.717) is 31.9 Å². The van der Waals surface area contributed by atoms with Crippen molar-refractivity contribution in [2.45, 2.75) is 27.2 Å². The molecule has 1 aromatic carbocycles. The first-order chi connectivity index (χ1) is 13.1. The fraction of sp³-hybridized carbons (Fsp3) is 0.333. The predicted octanol–water partition coefficient (Wildman–Crippen LogP) is 3.41. The number of ether oxygens (including phenoxy) is 2. The maximum atomic E-state index is 12.6. The Morgan fingerprint density at radius 3 is 2.67 bits per heavy atom. The number of benzene rings is 1. The van der Waals surface area contributed by atoms with Gasteiger partial charge in [0.15, 0.2) is 11.5 Å². The largest absolute Gasteiger partial charge is 0.490 e. The molecule has 3 aromatic rings. The molecule has 0 saturated heterocycles. The lowest BCUT2D eigenvalue weighted by molar-refractivity contribution is 0.0947. The van der Waals surface area contributed by atoms with Gasteiger partial charge in [-0.15, -0.1) is 0 Å². The summed E-state index contributed by atoms with van der Waals surface area (Å²) >= 11 is 0. The molecule has 0 aliphatic rings. The highest BCUT2D eigenvalue weighted by Crippen LogP contribution is 2.28. The fourth-order valence-electron chi connectivity index (χ4n) is 3.04. The highest BCUT2D eigenvalue weighted by atomic mass is 16.5. The summed E-state index contributed by atoms with van der Waals surface area (Å²) in [4.78, 5) is 17.1. The van der Waals surface area contributed by atoms with Crippen molar-refractivity contribution in [3.05, 3.63) is 59.5 Å². The molecule has 142 valence electrons. The van der Waals surface area contributed by atoms with Crippen LogP contribution in [0.5, 0.6) is 11.5 Å². The number of rotatable bonds is 8. The number of carbonyl (C=O) groups is 1. The van der Waals surface area contributed by atoms with Crippen LogP contribution in [0.25, 0.3) is 5.65 Å². The molecule has 3 rings (SSSR count). The van der Waals surface area contributed by atoms with E-state index >= 15 is 0 Å². The molecule has 1 amide bonds. The summed E-state index contributed by atoms with van der Waals surface area (Å²) in [5, 5.41) is 2.99. The van der Waals surface area contributed by atoms with Crippen LogP contribution in [-0.2, 0) is 6.42 Å². The lowest BCUT2D eigenvalue weighted by Gasteiger charge is -2.12. The summed E-state index contributed by atoms with van der Waals surface area (Å²) in [7, 11) is 0. The van der Waals surface area contributed by atoms with E-state index in [9.17, 15) is 4.79 Å². The van der Waals surface area contributed by atoms with Gasteiger partial charge in [0.05, 0.1) is 18.9 Å². The van der Waals surface area contributed by atoms with Gasteiger partial charge in [0.25, 0.3) is 5.91 Å². The minimum atomic E-state index is -0.123. The molecule has 6 nitrogen and oxygen atoms in total. The van der Waals surface area contributed by atoms with Gasteiger partial charge >= 0.3 is 0 Å². The van der Waals surface area contributed by atoms with E-state index < -0.39 is 0 Å². The van der Waals surface area contributed by atoms with Gasteiger partial charge in [0.1, 0.15) is 11.3 Å². The Bertz CT molecular complexity index is 934. The van der Waals surface area contributed by atoms with Crippen LogP contribution in [0.4, 0.5) is 0 Å². The van der Waals surface area contributed by atoms with Crippen molar-refractivity contribution in [1.82, 2.24) is 14.7 Å². The first kappa shape index (κ1) is 18.8. The second-order valence-electron chi connectivity index (χ2n) is 6.13. The molecule has 27 heavy (non-hydrogen) atoms. The second kappa shape index (κ2) is 8.58. The third-order valence-electron chi connectivity index (χ3n) is 4.23. The SMILES string of the molecule is CCOc1ccc(CCNC(=O)c2c(C)nc3ccccn23)cc1OCC. The van der Waals surface area contributed by atoms with Gasteiger partial charge in [0.2, 0.25) is 0 Å². The van der Waals surface area contributed by atoms with E-state index in [1.54, 1.807) is 0 Å². The molecule has 0 radical (unpaired) electrons. The van der Waals surface area contributed by atoms with Gasteiger partial charge in [-0.3, -0.25) is 9.20 Å². The molecule has 0 saturated carbocycles. The Hall–Kier alpha value is -3.02. The van der Waals surface area contributed by atoms with Gasteiger partial charge < -0.3 is 14.8 Å². The highest BCUT2D eigenvalue weighted by Gasteiger charge is 2.15. The standard InChI is InChI=1S/C21H25N3O3/c1-4-26-17-10-9-16(14-18(17)27-5-2)11-12-22-21(25)20-15(3)23-19-8-6-7-13-24(19)20/h6-10,13-14H,4-5,11-12H2,1-3H3,(H,22,25). The molecule has 0 fully saturated rings. The minimum absolute atomic E-state index is 0.123. The number of nitrogens with one attached hydrogen (secondary N) is 1. The van der Waals surface area contributed by atoms with Crippen molar-refractivity contribution < 1.29 is 14.3 Å². The number of imidazole rings is 1. The zero-order chi connectivity index (χ0) is 19.2. The Morgan fingerprint density at radius 2 is 1.89 bits per heavy atom. The summed E-state index contributed by atoms with van der Waals surface area (Å²) in [5.74, 6) is 1.36. The van der Waals surface area contributed by atoms with Crippen molar-refractivity contribution in [2.75, 3.05) is 19.8 Å². The van der Waals surface area contributed by atoms with Gasteiger partial charge in [0, 0.05) is 12.7 Å². The normalized spacial score (nSPS) is 10.8. The number of nitrogens with zero attached hydrogens (tertiary/aromatic N) is 2. The molecule has 0 bridgehead atoms. The van der Waals surface area contributed by atoms with Crippen molar-refractivity contribution in [2.24, 2.45) is 0 Å². The molecule has 2 aromatic heterocycles. The molecule has 0 spiro atoms. The van der Waals surface area contributed by atoms with Gasteiger partial charge in [-0.2, -0.15) is 0 Å². The van der Waals surface area contributed by atoms with Crippen molar-refractivity contribution in [3.63, 3.8) is 0 Å². The smallest absolute Gasteiger partial charge is 0.270 e. The van der Waals surface area contributed by atoms with E-state index in [1.807, 2.05) is 67.8 Å². The lowest BCUT2D eigenvalue weighted by Crippen LogP contribution is -2.27.